The predicted octanol–water partition coefficient (Wildman–Crippen LogP) is 2.65. The average Bonchev–Trinajstić information content (AvgIpc) is 3.26. The first-order valence-corrected chi connectivity index (χ1v) is 10.8. The molecule has 4 rings (SSSR count). The molecule has 1 aromatic carbocycles. The molecular formula is C24H29N5O2. The van der Waals surface area contributed by atoms with E-state index in [0.29, 0.717) is 25.2 Å². The minimum atomic E-state index is -0.872. The minimum Gasteiger partial charge on any atom is -0.389 e. The molecule has 0 saturated carbocycles. The van der Waals surface area contributed by atoms with Crippen LogP contribution in [0.2, 0.25) is 0 Å². The first-order chi connectivity index (χ1) is 15.1. The molecule has 3 aromatic rings. The van der Waals surface area contributed by atoms with Crippen LogP contribution >= 0.6 is 0 Å². The van der Waals surface area contributed by atoms with E-state index in [1.165, 1.54) is 0 Å². The number of nitrogens with zero attached hydrogens (tertiary/aromatic N) is 3. The fourth-order valence-corrected chi connectivity index (χ4v) is 4.29. The number of benzene rings is 1. The van der Waals surface area contributed by atoms with E-state index in [0.717, 1.165) is 36.3 Å². The number of β-amino-alcohol motifs (C(OH)–C–C–N with tert-alkyl or cyclic N) is 1. The second-order valence-electron chi connectivity index (χ2n) is 8.14. The molecule has 1 fully saturated rings. The highest BCUT2D eigenvalue weighted by atomic mass is 16.3. The highest BCUT2D eigenvalue weighted by molar-refractivity contribution is 5.93. The summed E-state index contributed by atoms with van der Waals surface area (Å²) in [6.45, 7) is 3.91. The van der Waals surface area contributed by atoms with Gasteiger partial charge in [-0.15, -0.1) is 0 Å². The molecule has 0 aliphatic carbocycles. The van der Waals surface area contributed by atoms with Gasteiger partial charge in [-0.25, -0.2) is 0 Å². The van der Waals surface area contributed by atoms with Crippen molar-refractivity contribution in [3.05, 3.63) is 83.4 Å². The van der Waals surface area contributed by atoms with E-state index in [9.17, 15) is 9.90 Å². The lowest BCUT2D eigenvalue weighted by Crippen LogP contribution is -2.61. The topological polar surface area (TPSA) is 94.1 Å². The molecule has 7 nitrogen and oxygen atoms in total. The lowest BCUT2D eigenvalue weighted by Gasteiger charge is -2.46. The highest BCUT2D eigenvalue weighted by Crippen LogP contribution is 2.34. The van der Waals surface area contributed by atoms with Crippen molar-refractivity contribution in [3.8, 4) is 0 Å². The van der Waals surface area contributed by atoms with Gasteiger partial charge in [0.15, 0.2) is 0 Å². The Labute approximate surface area is 182 Å². The Morgan fingerprint density at radius 1 is 1.26 bits per heavy atom. The van der Waals surface area contributed by atoms with E-state index in [4.69, 9.17) is 0 Å². The molecule has 31 heavy (non-hydrogen) atoms. The first kappa shape index (κ1) is 21.2. The number of amides is 1. The predicted molar refractivity (Wildman–Crippen MR) is 118 cm³/mol. The number of aliphatic hydroxyl groups excluding tert-OH is 1. The van der Waals surface area contributed by atoms with Crippen molar-refractivity contribution >= 4 is 5.91 Å². The number of aromatic nitrogens is 3. The van der Waals surface area contributed by atoms with Crippen LogP contribution in [0.5, 0.6) is 0 Å². The number of aromatic amines is 1. The van der Waals surface area contributed by atoms with Gasteiger partial charge in [0.1, 0.15) is 5.69 Å². The van der Waals surface area contributed by atoms with Gasteiger partial charge in [-0.05, 0) is 36.6 Å². The van der Waals surface area contributed by atoms with E-state index in [-0.39, 0.29) is 5.91 Å². The molecule has 1 aliphatic heterocycles. The average molecular weight is 420 g/mol. The van der Waals surface area contributed by atoms with Gasteiger partial charge in [0.25, 0.3) is 5.91 Å². The van der Waals surface area contributed by atoms with Crippen LogP contribution in [0.4, 0.5) is 0 Å². The number of nitrogens with one attached hydrogen (secondary N) is 2. The quantitative estimate of drug-likeness (QED) is 0.547. The number of pyridine rings is 1. The van der Waals surface area contributed by atoms with Crippen LogP contribution in [0, 0.1) is 0 Å². The maximum atomic E-state index is 13.1. The number of rotatable bonds is 7. The van der Waals surface area contributed by atoms with Crippen LogP contribution in [0.1, 0.15) is 47.2 Å². The van der Waals surface area contributed by atoms with Gasteiger partial charge in [-0.3, -0.25) is 19.8 Å². The molecule has 0 spiro atoms. The Balaban J connectivity index is 1.55. The second kappa shape index (κ2) is 9.41. The number of hydrogen-bond acceptors (Lipinski definition) is 5. The maximum Gasteiger partial charge on any atom is 0.272 e. The number of aliphatic hydroxyl groups is 1. The Hall–Kier alpha value is -3.03. The lowest BCUT2D eigenvalue weighted by atomic mass is 9.78. The lowest BCUT2D eigenvalue weighted by molar-refractivity contribution is -0.0185. The van der Waals surface area contributed by atoms with Crippen LogP contribution in [0.3, 0.4) is 0 Å². The molecule has 2 aromatic heterocycles. The third kappa shape index (κ3) is 4.68. The number of piperidine rings is 1. The van der Waals surface area contributed by atoms with Crippen molar-refractivity contribution in [2.45, 2.75) is 44.4 Å². The fraction of sp³-hybridized carbons (Fsp3) is 0.375. The van der Waals surface area contributed by atoms with Crippen molar-refractivity contribution in [3.63, 3.8) is 0 Å². The number of hydrogen-bond donors (Lipinski definition) is 3. The summed E-state index contributed by atoms with van der Waals surface area (Å²) < 4.78 is 0. The summed E-state index contributed by atoms with van der Waals surface area (Å²) in [5, 5.41) is 21.6. The fourth-order valence-electron chi connectivity index (χ4n) is 4.29. The Morgan fingerprint density at radius 2 is 2.06 bits per heavy atom. The number of carbonyl (C=O) groups is 1. The van der Waals surface area contributed by atoms with Crippen LogP contribution in [0.15, 0.2) is 60.8 Å². The molecule has 2 atom stereocenters. The molecule has 0 radical (unpaired) electrons. The molecule has 3 N–H and O–H groups in total. The largest absolute Gasteiger partial charge is 0.389 e. The van der Waals surface area contributed by atoms with Gasteiger partial charge in [-0.2, -0.15) is 5.10 Å². The van der Waals surface area contributed by atoms with Crippen LogP contribution in [0.25, 0.3) is 0 Å². The minimum absolute atomic E-state index is 0.278. The van der Waals surface area contributed by atoms with E-state index >= 15 is 0 Å². The number of aryl methyl sites for hydroxylation is 1. The number of likely N-dealkylation sites (tertiary alicyclic amines) is 1. The van der Waals surface area contributed by atoms with Crippen LogP contribution in [-0.2, 0) is 18.5 Å². The molecule has 1 amide bonds. The Kier molecular flexibility index (Phi) is 6.44. The molecule has 162 valence electrons. The van der Waals surface area contributed by atoms with Crippen LogP contribution < -0.4 is 5.32 Å². The third-order valence-corrected chi connectivity index (χ3v) is 5.94. The van der Waals surface area contributed by atoms with E-state index in [1.807, 2.05) is 48.5 Å². The first-order valence-electron chi connectivity index (χ1n) is 10.8. The van der Waals surface area contributed by atoms with Crippen LogP contribution in [-0.4, -0.2) is 50.3 Å². The molecule has 1 saturated heterocycles. The molecular weight excluding hydrogens is 390 g/mol. The van der Waals surface area contributed by atoms with E-state index in [1.54, 1.807) is 12.3 Å². The van der Waals surface area contributed by atoms with Gasteiger partial charge < -0.3 is 10.4 Å². The third-order valence-electron chi connectivity index (χ3n) is 5.94. The monoisotopic (exact) mass is 419 g/mol. The standard InChI is InChI=1S/C24H29N5O2/c1-2-8-19-15-21(28-27-19)23(31)26-24(18-9-4-3-5-10-18)12-14-29(17-22(24)30)16-20-11-6-7-13-25-20/h3-7,9-11,13,15,22,30H,2,8,12,14,16-17H2,1H3,(H,26,31)(H,27,28)/t22-,24+/m1/s1. The summed E-state index contributed by atoms with van der Waals surface area (Å²) in [7, 11) is 0. The zero-order valence-electron chi connectivity index (χ0n) is 17.8. The second-order valence-corrected chi connectivity index (χ2v) is 8.14. The van der Waals surface area contributed by atoms with E-state index < -0.39 is 11.6 Å². The van der Waals surface area contributed by atoms with Crippen molar-refractivity contribution < 1.29 is 9.90 Å². The van der Waals surface area contributed by atoms with Gasteiger partial charge in [0.2, 0.25) is 0 Å². The van der Waals surface area contributed by atoms with Crippen molar-refractivity contribution in [2.24, 2.45) is 0 Å². The highest BCUT2D eigenvalue weighted by Gasteiger charge is 2.45. The number of H-pyrrole nitrogens is 1. The van der Waals surface area contributed by atoms with Crippen molar-refractivity contribution in [1.82, 2.24) is 25.4 Å². The molecule has 7 heteroatoms. The summed E-state index contributed by atoms with van der Waals surface area (Å²) in [4.78, 5) is 19.7. The molecule has 1 aliphatic rings. The van der Waals surface area contributed by atoms with Gasteiger partial charge >= 0.3 is 0 Å². The zero-order chi connectivity index (χ0) is 21.7. The smallest absolute Gasteiger partial charge is 0.272 e. The van der Waals surface area contributed by atoms with Gasteiger partial charge in [0, 0.05) is 31.5 Å². The normalized spacial score (nSPS) is 21.7. The van der Waals surface area contributed by atoms with Gasteiger partial charge in [-0.1, -0.05) is 49.7 Å². The van der Waals surface area contributed by atoms with Crippen molar-refractivity contribution in [2.75, 3.05) is 13.1 Å². The molecule has 0 unspecified atom stereocenters. The van der Waals surface area contributed by atoms with Crippen molar-refractivity contribution in [1.29, 1.82) is 0 Å². The van der Waals surface area contributed by atoms with Gasteiger partial charge in [0.05, 0.1) is 17.3 Å². The molecule has 0 bridgehead atoms. The molecule has 3 heterocycles. The summed E-state index contributed by atoms with van der Waals surface area (Å²) in [6.07, 6.45) is 3.41. The zero-order valence-corrected chi connectivity index (χ0v) is 17.8. The Bertz CT molecular complexity index is 991. The summed E-state index contributed by atoms with van der Waals surface area (Å²) in [6, 6.07) is 17.4. The maximum absolute atomic E-state index is 13.1. The number of carbonyl (C=O) groups excluding carboxylic acids is 1. The summed E-state index contributed by atoms with van der Waals surface area (Å²) >= 11 is 0. The van der Waals surface area contributed by atoms with E-state index in [2.05, 4.69) is 32.3 Å². The summed E-state index contributed by atoms with van der Waals surface area (Å²) in [5.74, 6) is -0.278. The Morgan fingerprint density at radius 3 is 2.77 bits per heavy atom. The summed E-state index contributed by atoms with van der Waals surface area (Å²) in [5.41, 5.74) is 2.28. The SMILES string of the molecule is CCCc1cc(C(=O)N[C@]2(c3ccccc3)CCN(Cc3ccccn3)C[C@H]2O)n[nH]1.